The van der Waals surface area contributed by atoms with Gasteiger partial charge in [0.05, 0.1) is 20.1 Å². The van der Waals surface area contributed by atoms with Crippen LogP contribution in [0.15, 0.2) is 23.1 Å². The number of carbonyl (C=O) groups is 1. The van der Waals surface area contributed by atoms with E-state index in [9.17, 15) is 4.79 Å². The van der Waals surface area contributed by atoms with Crippen molar-refractivity contribution in [3.63, 3.8) is 0 Å². The zero-order valence-electron chi connectivity index (χ0n) is 12.0. The van der Waals surface area contributed by atoms with Gasteiger partial charge in [-0.1, -0.05) is 0 Å². The number of rotatable bonds is 7. The highest BCUT2D eigenvalue weighted by Crippen LogP contribution is 2.52. The maximum Gasteiger partial charge on any atom is 0.306 e. The van der Waals surface area contributed by atoms with Gasteiger partial charge in [0, 0.05) is 22.4 Å². The Hall–Kier alpha value is -1.36. The van der Waals surface area contributed by atoms with E-state index in [0.29, 0.717) is 18.7 Å². The zero-order chi connectivity index (χ0) is 14.6. The Balaban J connectivity index is 1.95. The van der Waals surface area contributed by atoms with Gasteiger partial charge < -0.3 is 15.2 Å². The Kier molecular flexibility index (Phi) is 4.81. The average molecular weight is 295 g/mol. The van der Waals surface area contributed by atoms with Gasteiger partial charge in [0.25, 0.3) is 0 Å². The van der Waals surface area contributed by atoms with Crippen LogP contribution in [0, 0.1) is 5.41 Å². The molecule has 1 aliphatic carbocycles. The highest BCUT2D eigenvalue weighted by atomic mass is 32.2. The minimum absolute atomic E-state index is 0.119. The molecule has 0 heterocycles. The molecule has 0 saturated heterocycles. The lowest BCUT2D eigenvalue weighted by Gasteiger charge is -2.14. The van der Waals surface area contributed by atoms with E-state index in [1.54, 1.807) is 11.8 Å². The van der Waals surface area contributed by atoms with Crippen LogP contribution >= 0.6 is 11.8 Å². The van der Waals surface area contributed by atoms with Crippen molar-refractivity contribution in [3.8, 4) is 5.75 Å². The molecule has 2 rings (SSSR count). The topological polar surface area (TPSA) is 61.5 Å². The number of methoxy groups -OCH3 is 1. The molecular formula is C15H21NO3S. The maximum absolute atomic E-state index is 11.4. The summed E-state index contributed by atoms with van der Waals surface area (Å²) in [6.45, 7) is 2.57. The summed E-state index contributed by atoms with van der Waals surface area (Å²) in [5, 5.41) is 0. The van der Waals surface area contributed by atoms with Gasteiger partial charge in [-0.2, -0.15) is 0 Å². The SMILES string of the molecule is CCOc1cc(N)cc(SCC2(CC(=O)OC)CC2)c1. The molecule has 5 heteroatoms. The first-order valence-corrected chi connectivity index (χ1v) is 7.78. The first kappa shape index (κ1) is 15.0. The van der Waals surface area contributed by atoms with Crippen LogP contribution in [0.1, 0.15) is 26.2 Å². The van der Waals surface area contributed by atoms with Crippen molar-refractivity contribution in [2.75, 3.05) is 25.2 Å². The molecule has 0 amide bonds. The number of carbonyl (C=O) groups excluding carboxylic acids is 1. The van der Waals surface area contributed by atoms with Crippen molar-refractivity contribution in [2.45, 2.75) is 31.1 Å². The van der Waals surface area contributed by atoms with Crippen molar-refractivity contribution in [1.82, 2.24) is 0 Å². The highest BCUT2D eigenvalue weighted by Gasteiger charge is 2.44. The molecule has 0 aliphatic heterocycles. The fraction of sp³-hybridized carbons (Fsp3) is 0.533. The molecule has 20 heavy (non-hydrogen) atoms. The van der Waals surface area contributed by atoms with E-state index in [2.05, 4.69) is 0 Å². The number of hydrogen-bond acceptors (Lipinski definition) is 5. The lowest BCUT2D eigenvalue weighted by Crippen LogP contribution is -2.13. The van der Waals surface area contributed by atoms with E-state index in [-0.39, 0.29) is 11.4 Å². The standard InChI is InChI=1S/C15H21NO3S/c1-3-19-12-6-11(16)7-13(8-12)20-10-15(4-5-15)9-14(17)18-2/h6-8H,3-5,9-10,16H2,1-2H3. The summed E-state index contributed by atoms with van der Waals surface area (Å²) in [6.07, 6.45) is 2.70. The summed E-state index contributed by atoms with van der Waals surface area (Å²) in [4.78, 5) is 12.5. The number of anilines is 1. The molecule has 1 fully saturated rings. The van der Waals surface area contributed by atoms with Gasteiger partial charge in [0.2, 0.25) is 0 Å². The van der Waals surface area contributed by atoms with Crippen LogP contribution in [0.5, 0.6) is 5.75 Å². The second kappa shape index (κ2) is 6.39. The summed E-state index contributed by atoms with van der Waals surface area (Å²) in [7, 11) is 1.44. The summed E-state index contributed by atoms with van der Waals surface area (Å²) in [5.74, 6) is 1.59. The number of benzene rings is 1. The normalized spacial score (nSPS) is 15.7. The second-order valence-electron chi connectivity index (χ2n) is 5.21. The Bertz CT molecular complexity index is 486. The summed E-state index contributed by atoms with van der Waals surface area (Å²) in [6, 6.07) is 5.77. The second-order valence-corrected chi connectivity index (χ2v) is 6.26. The third-order valence-electron chi connectivity index (χ3n) is 3.46. The summed E-state index contributed by atoms with van der Waals surface area (Å²) in [5.41, 5.74) is 6.70. The van der Waals surface area contributed by atoms with Crippen LogP contribution in [0.2, 0.25) is 0 Å². The summed E-state index contributed by atoms with van der Waals surface area (Å²) < 4.78 is 10.2. The third-order valence-corrected chi connectivity index (χ3v) is 4.79. The first-order valence-electron chi connectivity index (χ1n) is 6.80. The van der Waals surface area contributed by atoms with E-state index < -0.39 is 0 Å². The fourth-order valence-corrected chi connectivity index (χ4v) is 3.37. The van der Waals surface area contributed by atoms with E-state index in [1.807, 2.05) is 25.1 Å². The van der Waals surface area contributed by atoms with E-state index in [4.69, 9.17) is 15.2 Å². The van der Waals surface area contributed by atoms with Crippen LogP contribution < -0.4 is 10.5 Å². The molecule has 1 saturated carbocycles. The first-order chi connectivity index (χ1) is 9.57. The Labute approximate surface area is 124 Å². The molecule has 0 radical (unpaired) electrons. The van der Waals surface area contributed by atoms with Gasteiger partial charge in [0.15, 0.2) is 0 Å². The number of thioether (sulfide) groups is 1. The number of hydrogen-bond donors (Lipinski definition) is 1. The van der Waals surface area contributed by atoms with Crippen molar-refractivity contribution in [3.05, 3.63) is 18.2 Å². The minimum Gasteiger partial charge on any atom is -0.494 e. The van der Waals surface area contributed by atoms with Gasteiger partial charge >= 0.3 is 5.97 Å². The number of nitrogens with two attached hydrogens (primary N) is 1. The number of ether oxygens (including phenoxy) is 2. The maximum atomic E-state index is 11.4. The predicted molar refractivity (Wildman–Crippen MR) is 81.0 cm³/mol. The molecule has 0 spiro atoms. The molecule has 0 atom stereocenters. The summed E-state index contributed by atoms with van der Waals surface area (Å²) >= 11 is 1.73. The Morgan fingerprint density at radius 2 is 2.15 bits per heavy atom. The van der Waals surface area contributed by atoms with Crippen LogP contribution in [0.3, 0.4) is 0 Å². The molecule has 1 aromatic rings. The quantitative estimate of drug-likeness (QED) is 0.476. The molecule has 0 unspecified atom stereocenters. The molecule has 0 aromatic heterocycles. The van der Waals surface area contributed by atoms with Gasteiger partial charge in [-0.15, -0.1) is 11.8 Å². The van der Waals surface area contributed by atoms with E-state index in [0.717, 1.165) is 29.2 Å². The van der Waals surface area contributed by atoms with Crippen LogP contribution in [0.25, 0.3) is 0 Å². The lowest BCUT2D eigenvalue weighted by molar-refractivity contribution is -0.141. The lowest BCUT2D eigenvalue weighted by atomic mass is 10.1. The fourth-order valence-electron chi connectivity index (χ4n) is 2.09. The number of nitrogen functional groups attached to an aromatic ring is 1. The van der Waals surface area contributed by atoms with Crippen molar-refractivity contribution in [1.29, 1.82) is 0 Å². The van der Waals surface area contributed by atoms with Crippen LogP contribution in [-0.4, -0.2) is 25.4 Å². The van der Waals surface area contributed by atoms with Gasteiger partial charge in [-0.25, -0.2) is 0 Å². The molecule has 0 bridgehead atoms. The monoisotopic (exact) mass is 295 g/mol. The Morgan fingerprint density at radius 1 is 1.40 bits per heavy atom. The third kappa shape index (κ3) is 4.07. The smallest absolute Gasteiger partial charge is 0.306 e. The van der Waals surface area contributed by atoms with Gasteiger partial charge in [-0.05, 0) is 37.3 Å². The van der Waals surface area contributed by atoms with Crippen LogP contribution in [-0.2, 0) is 9.53 Å². The molecule has 2 N–H and O–H groups in total. The zero-order valence-corrected chi connectivity index (χ0v) is 12.8. The van der Waals surface area contributed by atoms with Crippen molar-refractivity contribution in [2.24, 2.45) is 5.41 Å². The molecule has 4 nitrogen and oxygen atoms in total. The number of esters is 1. The highest BCUT2D eigenvalue weighted by molar-refractivity contribution is 7.99. The van der Waals surface area contributed by atoms with Gasteiger partial charge in [-0.3, -0.25) is 4.79 Å². The average Bonchev–Trinajstić information content (AvgIpc) is 3.16. The molecule has 110 valence electrons. The predicted octanol–water partition coefficient (Wildman–Crippen LogP) is 3.10. The van der Waals surface area contributed by atoms with Crippen molar-refractivity contribution >= 4 is 23.4 Å². The molecule has 1 aliphatic rings. The molecule has 1 aromatic carbocycles. The van der Waals surface area contributed by atoms with E-state index >= 15 is 0 Å². The van der Waals surface area contributed by atoms with E-state index in [1.165, 1.54) is 7.11 Å². The van der Waals surface area contributed by atoms with Crippen LogP contribution in [0.4, 0.5) is 5.69 Å². The largest absolute Gasteiger partial charge is 0.494 e. The Morgan fingerprint density at radius 3 is 2.75 bits per heavy atom. The van der Waals surface area contributed by atoms with Gasteiger partial charge in [0.1, 0.15) is 5.75 Å². The minimum atomic E-state index is -0.120. The molecular weight excluding hydrogens is 274 g/mol. The van der Waals surface area contributed by atoms with Crippen molar-refractivity contribution < 1.29 is 14.3 Å².